The third-order valence-corrected chi connectivity index (χ3v) is 2.23. The van der Waals surface area contributed by atoms with Gasteiger partial charge in [-0.25, -0.2) is 0 Å². The summed E-state index contributed by atoms with van der Waals surface area (Å²) in [6, 6.07) is 0. The molecule has 12 heavy (non-hydrogen) atoms. The van der Waals surface area contributed by atoms with Gasteiger partial charge in [0.2, 0.25) is 0 Å². The summed E-state index contributed by atoms with van der Waals surface area (Å²) in [5.74, 6) is 1.25. The second-order valence-electron chi connectivity index (χ2n) is 3.42. The summed E-state index contributed by atoms with van der Waals surface area (Å²) >= 11 is 0. The molecule has 0 saturated heterocycles. The molecule has 0 aromatic carbocycles. The summed E-state index contributed by atoms with van der Waals surface area (Å²) < 4.78 is 0. The van der Waals surface area contributed by atoms with E-state index in [0.717, 1.165) is 13.1 Å². The van der Waals surface area contributed by atoms with Crippen molar-refractivity contribution in [2.75, 3.05) is 13.1 Å². The smallest absolute Gasteiger partial charge is 0.0963 e. The largest absolute Gasteiger partial charge is 0.374 e. The average Bonchev–Trinajstić information content (AvgIpc) is 2.33. The fraction of sp³-hybridized carbons (Fsp3) is 0.900. The molecule has 0 aliphatic carbocycles. The molecule has 2 nitrogen and oxygen atoms in total. The third kappa shape index (κ3) is 3.74. The molecular weight excluding hydrogens is 148 g/mol. The highest BCUT2D eigenvalue weighted by Crippen LogP contribution is 2.05. The molecule has 1 rings (SSSR count). The summed E-state index contributed by atoms with van der Waals surface area (Å²) in [5, 5.41) is 3.41. The Bertz CT molecular complexity index is 141. The van der Waals surface area contributed by atoms with E-state index in [1.165, 1.54) is 44.4 Å². The maximum atomic E-state index is 4.50. The van der Waals surface area contributed by atoms with Gasteiger partial charge < -0.3 is 5.32 Å². The molecule has 0 unspecified atom stereocenters. The number of nitrogens with one attached hydrogen (secondary N) is 1. The van der Waals surface area contributed by atoms with Crippen molar-refractivity contribution in [1.82, 2.24) is 5.32 Å². The number of aliphatic imine (C=N–C) groups is 1. The summed E-state index contributed by atoms with van der Waals surface area (Å²) in [6.07, 6.45) is 7.64. The summed E-state index contributed by atoms with van der Waals surface area (Å²) in [5.41, 5.74) is 0. The maximum Gasteiger partial charge on any atom is 0.0963 e. The maximum absolute atomic E-state index is 4.50. The monoisotopic (exact) mass is 168 g/mol. The predicted octanol–water partition coefficient (Wildman–Crippen LogP) is 2.35. The van der Waals surface area contributed by atoms with Crippen LogP contribution in [0.5, 0.6) is 0 Å². The van der Waals surface area contributed by atoms with Crippen LogP contribution in [0.2, 0.25) is 0 Å². The van der Waals surface area contributed by atoms with Crippen molar-refractivity contribution < 1.29 is 0 Å². The number of unbranched alkanes of at least 4 members (excludes halogenated alkanes) is 1. The molecule has 0 aromatic heterocycles. The Morgan fingerprint density at radius 3 is 3.08 bits per heavy atom. The molecule has 70 valence electrons. The highest BCUT2D eigenvalue weighted by molar-refractivity contribution is 5.82. The van der Waals surface area contributed by atoms with Crippen LogP contribution in [0.3, 0.4) is 0 Å². The number of nitrogens with zero attached hydrogens (tertiary/aromatic N) is 1. The lowest BCUT2D eigenvalue weighted by Crippen LogP contribution is -2.24. The van der Waals surface area contributed by atoms with Gasteiger partial charge in [-0.3, -0.25) is 4.99 Å². The van der Waals surface area contributed by atoms with Crippen molar-refractivity contribution in [3.63, 3.8) is 0 Å². The first-order valence-electron chi connectivity index (χ1n) is 5.20. The first kappa shape index (κ1) is 9.56. The molecule has 0 amide bonds. The molecule has 0 spiro atoms. The zero-order valence-corrected chi connectivity index (χ0v) is 8.10. The molecule has 1 heterocycles. The quantitative estimate of drug-likeness (QED) is 0.643. The van der Waals surface area contributed by atoms with E-state index in [-0.39, 0.29) is 0 Å². The molecule has 0 saturated carbocycles. The zero-order chi connectivity index (χ0) is 8.65. The van der Waals surface area contributed by atoms with Crippen LogP contribution in [0, 0.1) is 0 Å². The van der Waals surface area contributed by atoms with Crippen molar-refractivity contribution in [2.24, 2.45) is 4.99 Å². The lowest BCUT2D eigenvalue weighted by Gasteiger charge is -2.06. The van der Waals surface area contributed by atoms with Crippen LogP contribution < -0.4 is 5.32 Å². The van der Waals surface area contributed by atoms with Crippen LogP contribution in [0.1, 0.15) is 45.4 Å². The molecule has 0 fully saturated rings. The van der Waals surface area contributed by atoms with E-state index >= 15 is 0 Å². The number of rotatable bonds is 3. The van der Waals surface area contributed by atoms with Gasteiger partial charge in [-0.05, 0) is 19.3 Å². The van der Waals surface area contributed by atoms with Crippen molar-refractivity contribution in [2.45, 2.75) is 45.4 Å². The van der Waals surface area contributed by atoms with E-state index in [4.69, 9.17) is 0 Å². The van der Waals surface area contributed by atoms with Gasteiger partial charge in [0.15, 0.2) is 0 Å². The summed E-state index contributed by atoms with van der Waals surface area (Å²) in [7, 11) is 0. The highest BCUT2D eigenvalue weighted by Gasteiger charge is 2.01. The standard InChI is InChI=1S/C10H20N2/c1-2-3-8-11-10-7-5-4-6-9-12-10/h2-9H2,1H3,(H,11,12). The Kier molecular flexibility index (Phi) is 4.81. The zero-order valence-electron chi connectivity index (χ0n) is 8.10. The Balaban J connectivity index is 2.15. The molecule has 1 aliphatic heterocycles. The number of hydrogen-bond acceptors (Lipinski definition) is 2. The molecule has 0 radical (unpaired) electrons. The van der Waals surface area contributed by atoms with Crippen molar-refractivity contribution in [3.05, 3.63) is 0 Å². The van der Waals surface area contributed by atoms with Gasteiger partial charge >= 0.3 is 0 Å². The molecule has 0 bridgehead atoms. The van der Waals surface area contributed by atoms with E-state index in [0.29, 0.717) is 0 Å². The van der Waals surface area contributed by atoms with Gasteiger partial charge in [0, 0.05) is 19.5 Å². The van der Waals surface area contributed by atoms with E-state index in [9.17, 15) is 0 Å². The second-order valence-corrected chi connectivity index (χ2v) is 3.42. The second kappa shape index (κ2) is 6.04. The summed E-state index contributed by atoms with van der Waals surface area (Å²) in [6.45, 7) is 4.36. The molecule has 0 atom stereocenters. The van der Waals surface area contributed by atoms with Gasteiger partial charge in [-0.1, -0.05) is 19.8 Å². The van der Waals surface area contributed by atoms with Crippen molar-refractivity contribution in [1.29, 1.82) is 0 Å². The minimum absolute atomic E-state index is 1.04. The lowest BCUT2D eigenvalue weighted by molar-refractivity contribution is 0.720. The Morgan fingerprint density at radius 2 is 2.25 bits per heavy atom. The topological polar surface area (TPSA) is 24.4 Å². The minimum atomic E-state index is 1.04. The minimum Gasteiger partial charge on any atom is -0.374 e. The summed E-state index contributed by atoms with van der Waals surface area (Å²) in [4.78, 5) is 4.50. The van der Waals surface area contributed by atoms with E-state index < -0.39 is 0 Å². The Morgan fingerprint density at radius 1 is 1.33 bits per heavy atom. The molecule has 0 aromatic rings. The number of amidine groups is 1. The van der Waals surface area contributed by atoms with Crippen LogP contribution in [0.25, 0.3) is 0 Å². The molecule has 1 N–H and O–H groups in total. The highest BCUT2D eigenvalue weighted by atomic mass is 15.0. The van der Waals surface area contributed by atoms with Gasteiger partial charge in [0.25, 0.3) is 0 Å². The van der Waals surface area contributed by atoms with Crippen LogP contribution in [-0.4, -0.2) is 18.9 Å². The lowest BCUT2D eigenvalue weighted by atomic mass is 10.2. The fourth-order valence-corrected chi connectivity index (χ4v) is 1.43. The van der Waals surface area contributed by atoms with Gasteiger partial charge in [0.1, 0.15) is 0 Å². The van der Waals surface area contributed by atoms with Crippen LogP contribution >= 0.6 is 0 Å². The van der Waals surface area contributed by atoms with E-state index in [1.54, 1.807) is 0 Å². The third-order valence-electron chi connectivity index (χ3n) is 2.23. The van der Waals surface area contributed by atoms with Crippen LogP contribution in [-0.2, 0) is 0 Å². The number of hydrogen-bond donors (Lipinski definition) is 1. The first-order chi connectivity index (χ1) is 5.93. The predicted molar refractivity (Wildman–Crippen MR) is 53.7 cm³/mol. The Labute approximate surface area is 75.5 Å². The van der Waals surface area contributed by atoms with Crippen molar-refractivity contribution in [3.8, 4) is 0 Å². The van der Waals surface area contributed by atoms with Gasteiger partial charge in [-0.15, -0.1) is 0 Å². The first-order valence-corrected chi connectivity index (χ1v) is 5.20. The van der Waals surface area contributed by atoms with E-state index in [2.05, 4.69) is 17.2 Å². The van der Waals surface area contributed by atoms with Crippen molar-refractivity contribution >= 4 is 5.84 Å². The molecular formula is C10H20N2. The van der Waals surface area contributed by atoms with E-state index in [1.807, 2.05) is 0 Å². The SMILES string of the molecule is CCCCNC1=NCCCCC1. The Hall–Kier alpha value is -0.530. The molecule has 2 heteroatoms. The fourth-order valence-electron chi connectivity index (χ4n) is 1.43. The van der Waals surface area contributed by atoms with Gasteiger partial charge in [0.05, 0.1) is 5.84 Å². The van der Waals surface area contributed by atoms with Gasteiger partial charge in [-0.2, -0.15) is 0 Å². The average molecular weight is 168 g/mol. The van der Waals surface area contributed by atoms with Crippen LogP contribution in [0.4, 0.5) is 0 Å². The normalized spacial score (nSPS) is 18.2. The molecule has 1 aliphatic rings. The van der Waals surface area contributed by atoms with Crippen LogP contribution in [0.15, 0.2) is 4.99 Å².